The lowest BCUT2D eigenvalue weighted by Gasteiger charge is -2.45. The first-order valence-electron chi connectivity index (χ1n) is 8.58. The average molecular weight is 281 g/mol. The van der Waals surface area contributed by atoms with Crippen LogP contribution in [0.4, 0.5) is 0 Å². The van der Waals surface area contributed by atoms with Crippen LogP contribution in [0.5, 0.6) is 0 Å². The zero-order valence-electron chi connectivity index (χ0n) is 14.1. The van der Waals surface area contributed by atoms with Crippen LogP contribution < -0.4 is 5.32 Å². The van der Waals surface area contributed by atoms with Crippen LogP contribution in [0.25, 0.3) is 0 Å². The van der Waals surface area contributed by atoms with E-state index in [9.17, 15) is 0 Å². The Morgan fingerprint density at radius 3 is 2.50 bits per heavy atom. The molecule has 2 atom stereocenters. The predicted octanol–water partition coefficient (Wildman–Crippen LogP) is 2.43. The second-order valence-electron chi connectivity index (χ2n) is 7.70. The van der Waals surface area contributed by atoms with Crippen molar-refractivity contribution in [2.24, 2.45) is 11.8 Å². The molecule has 1 aliphatic carbocycles. The molecule has 118 valence electrons. The van der Waals surface area contributed by atoms with Gasteiger partial charge in [0.1, 0.15) is 0 Å². The van der Waals surface area contributed by atoms with E-state index in [-0.39, 0.29) is 0 Å². The molecule has 1 heterocycles. The quantitative estimate of drug-likeness (QED) is 0.835. The van der Waals surface area contributed by atoms with Crippen molar-refractivity contribution in [2.75, 3.05) is 47.3 Å². The van der Waals surface area contributed by atoms with Crippen LogP contribution in [0.3, 0.4) is 0 Å². The summed E-state index contributed by atoms with van der Waals surface area (Å²) in [6, 6.07) is 0. The van der Waals surface area contributed by atoms with Crippen LogP contribution in [0.2, 0.25) is 0 Å². The minimum atomic E-state index is 0.406. The third-order valence-electron chi connectivity index (χ3n) is 5.74. The minimum absolute atomic E-state index is 0.406. The minimum Gasteiger partial charge on any atom is -0.315 e. The lowest BCUT2D eigenvalue weighted by molar-refractivity contribution is 0.0731. The molecular weight excluding hydrogens is 246 g/mol. The monoisotopic (exact) mass is 281 g/mol. The highest BCUT2D eigenvalue weighted by Gasteiger charge is 2.36. The van der Waals surface area contributed by atoms with E-state index in [1.807, 2.05) is 0 Å². The normalized spacial score (nSPS) is 33.8. The third kappa shape index (κ3) is 4.19. The van der Waals surface area contributed by atoms with Gasteiger partial charge in [0, 0.05) is 12.1 Å². The first kappa shape index (κ1) is 16.3. The average Bonchev–Trinajstić information content (AvgIpc) is 2.41. The van der Waals surface area contributed by atoms with Gasteiger partial charge in [-0.1, -0.05) is 19.8 Å². The Labute approximate surface area is 126 Å². The Morgan fingerprint density at radius 1 is 1.20 bits per heavy atom. The van der Waals surface area contributed by atoms with Gasteiger partial charge in [0.2, 0.25) is 0 Å². The van der Waals surface area contributed by atoms with Crippen LogP contribution in [0, 0.1) is 11.8 Å². The highest BCUT2D eigenvalue weighted by molar-refractivity contribution is 4.94. The summed E-state index contributed by atoms with van der Waals surface area (Å²) in [6.07, 6.45) is 8.29. The number of rotatable bonds is 5. The van der Waals surface area contributed by atoms with E-state index < -0.39 is 0 Å². The maximum atomic E-state index is 3.82. The molecule has 0 bridgehead atoms. The number of hydrogen-bond acceptors (Lipinski definition) is 3. The first-order chi connectivity index (χ1) is 9.52. The molecule has 1 N–H and O–H groups in total. The standard InChI is InChI=1S/C17H35N3/c1-15-6-5-9-17(12-15,19(2)3)14-18-13-16-7-10-20(4)11-8-16/h15-16,18H,5-14H2,1-4H3. The van der Waals surface area contributed by atoms with E-state index in [0.29, 0.717) is 5.54 Å². The smallest absolute Gasteiger partial charge is 0.0330 e. The Kier molecular flexibility index (Phi) is 5.88. The Balaban J connectivity index is 1.78. The fourth-order valence-electron chi connectivity index (χ4n) is 4.13. The lowest BCUT2D eigenvalue weighted by atomic mass is 9.75. The number of nitrogens with zero attached hydrogens (tertiary/aromatic N) is 2. The van der Waals surface area contributed by atoms with E-state index in [2.05, 4.69) is 43.2 Å². The van der Waals surface area contributed by atoms with Crippen molar-refractivity contribution < 1.29 is 0 Å². The molecule has 1 aliphatic heterocycles. The van der Waals surface area contributed by atoms with Gasteiger partial charge >= 0.3 is 0 Å². The highest BCUT2D eigenvalue weighted by atomic mass is 15.2. The molecule has 0 aromatic heterocycles. The molecule has 0 aromatic rings. The molecule has 3 heteroatoms. The van der Waals surface area contributed by atoms with Crippen molar-refractivity contribution in [3.8, 4) is 0 Å². The largest absolute Gasteiger partial charge is 0.315 e. The van der Waals surface area contributed by atoms with Crippen molar-refractivity contribution >= 4 is 0 Å². The predicted molar refractivity (Wildman–Crippen MR) is 87.1 cm³/mol. The van der Waals surface area contributed by atoms with E-state index in [1.165, 1.54) is 64.7 Å². The zero-order valence-corrected chi connectivity index (χ0v) is 14.1. The van der Waals surface area contributed by atoms with E-state index in [4.69, 9.17) is 0 Å². The van der Waals surface area contributed by atoms with E-state index >= 15 is 0 Å². The summed E-state index contributed by atoms with van der Waals surface area (Å²) in [6.45, 7) is 7.38. The number of piperidine rings is 1. The van der Waals surface area contributed by atoms with Gasteiger partial charge in [-0.2, -0.15) is 0 Å². The van der Waals surface area contributed by atoms with Gasteiger partial charge < -0.3 is 15.1 Å². The maximum Gasteiger partial charge on any atom is 0.0330 e. The van der Waals surface area contributed by atoms with Crippen molar-refractivity contribution in [1.82, 2.24) is 15.1 Å². The van der Waals surface area contributed by atoms with Crippen molar-refractivity contribution in [3.63, 3.8) is 0 Å². The molecule has 1 saturated carbocycles. The van der Waals surface area contributed by atoms with Crippen molar-refractivity contribution in [1.29, 1.82) is 0 Å². The van der Waals surface area contributed by atoms with Gasteiger partial charge in [0.25, 0.3) is 0 Å². The van der Waals surface area contributed by atoms with Gasteiger partial charge in [-0.3, -0.25) is 0 Å². The lowest BCUT2D eigenvalue weighted by Crippen LogP contribution is -2.54. The van der Waals surface area contributed by atoms with Crippen LogP contribution in [-0.4, -0.2) is 62.7 Å². The van der Waals surface area contributed by atoms with Gasteiger partial charge in [-0.05, 0) is 78.3 Å². The van der Waals surface area contributed by atoms with Crippen molar-refractivity contribution in [3.05, 3.63) is 0 Å². The van der Waals surface area contributed by atoms with E-state index in [1.54, 1.807) is 0 Å². The van der Waals surface area contributed by atoms with Crippen LogP contribution in [-0.2, 0) is 0 Å². The third-order valence-corrected chi connectivity index (χ3v) is 5.74. The molecule has 2 fully saturated rings. The fraction of sp³-hybridized carbons (Fsp3) is 1.00. The molecule has 3 nitrogen and oxygen atoms in total. The summed E-state index contributed by atoms with van der Waals surface area (Å²) in [4.78, 5) is 4.95. The summed E-state index contributed by atoms with van der Waals surface area (Å²) in [7, 11) is 6.79. The molecular formula is C17H35N3. The molecule has 0 spiro atoms. The zero-order chi connectivity index (χ0) is 14.6. The summed E-state index contributed by atoms with van der Waals surface area (Å²) in [5, 5.41) is 3.82. The van der Waals surface area contributed by atoms with Crippen molar-refractivity contribution in [2.45, 2.75) is 51.0 Å². The molecule has 2 aliphatic rings. The summed E-state index contributed by atoms with van der Waals surface area (Å²) in [5.41, 5.74) is 0.406. The summed E-state index contributed by atoms with van der Waals surface area (Å²) < 4.78 is 0. The molecule has 2 unspecified atom stereocenters. The number of nitrogens with one attached hydrogen (secondary N) is 1. The van der Waals surface area contributed by atoms with Crippen LogP contribution in [0.15, 0.2) is 0 Å². The number of likely N-dealkylation sites (N-methyl/N-ethyl adjacent to an activating group) is 1. The Morgan fingerprint density at radius 2 is 1.90 bits per heavy atom. The molecule has 0 radical (unpaired) electrons. The second kappa shape index (κ2) is 7.24. The molecule has 20 heavy (non-hydrogen) atoms. The van der Waals surface area contributed by atoms with Crippen LogP contribution >= 0.6 is 0 Å². The maximum absolute atomic E-state index is 3.82. The second-order valence-corrected chi connectivity index (χ2v) is 7.70. The summed E-state index contributed by atoms with van der Waals surface area (Å²) >= 11 is 0. The first-order valence-corrected chi connectivity index (χ1v) is 8.58. The van der Waals surface area contributed by atoms with Gasteiger partial charge in [-0.25, -0.2) is 0 Å². The molecule has 2 rings (SSSR count). The highest BCUT2D eigenvalue weighted by Crippen LogP contribution is 2.35. The molecule has 0 aromatic carbocycles. The topological polar surface area (TPSA) is 18.5 Å². The Bertz CT molecular complexity index is 284. The van der Waals surface area contributed by atoms with Gasteiger partial charge in [-0.15, -0.1) is 0 Å². The van der Waals surface area contributed by atoms with Gasteiger partial charge in [0.05, 0.1) is 0 Å². The number of hydrogen-bond donors (Lipinski definition) is 1. The van der Waals surface area contributed by atoms with E-state index in [0.717, 1.165) is 11.8 Å². The SMILES string of the molecule is CC1CCCC(CNCC2CCN(C)CC2)(N(C)C)C1. The fourth-order valence-corrected chi connectivity index (χ4v) is 4.13. The van der Waals surface area contributed by atoms with Gasteiger partial charge in [0.15, 0.2) is 0 Å². The molecule has 0 amide bonds. The Hall–Kier alpha value is -0.120. The molecule has 1 saturated heterocycles. The number of likely N-dealkylation sites (tertiary alicyclic amines) is 1. The van der Waals surface area contributed by atoms with Crippen LogP contribution in [0.1, 0.15) is 45.4 Å². The summed E-state index contributed by atoms with van der Waals surface area (Å²) in [5.74, 6) is 1.78.